The second kappa shape index (κ2) is 23.4. The minimum atomic E-state index is -1.10. The van der Waals surface area contributed by atoms with Crippen molar-refractivity contribution in [1.29, 1.82) is 0 Å². The molecule has 3 aromatic carbocycles. The molecule has 2 saturated heterocycles. The number of piperidine rings is 1. The molecule has 0 aliphatic carbocycles. The van der Waals surface area contributed by atoms with Crippen molar-refractivity contribution in [3.63, 3.8) is 0 Å². The summed E-state index contributed by atoms with van der Waals surface area (Å²) < 4.78 is 34.8. The molecule has 0 bridgehead atoms. The average molecular weight is 960 g/mol. The van der Waals surface area contributed by atoms with Crippen LogP contribution < -0.4 is 25.6 Å². The van der Waals surface area contributed by atoms with E-state index in [-0.39, 0.29) is 41.6 Å². The number of ether oxygens (including phenoxy) is 3. The van der Waals surface area contributed by atoms with Crippen LogP contribution in [0.2, 0.25) is 0 Å². The highest BCUT2D eigenvalue weighted by Gasteiger charge is 2.45. The number of benzene rings is 3. The molecule has 3 N–H and O–H groups in total. The lowest BCUT2D eigenvalue weighted by Crippen LogP contribution is -2.54. The van der Waals surface area contributed by atoms with Crippen LogP contribution in [0, 0.1) is 5.82 Å². The average Bonchev–Trinajstić information content (AvgIpc) is 3.85. The third-order valence-corrected chi connectivity index (χ3v) is 12.7. The lowest BCUT2D eigenvalue weighted by molar-refractivity contribution is -0.136. The topological polar surface area (TPSA) is 215 Å². The number of rotatable bonds is 23. The van der Waals surface area contributed by atoms with Gasteiger partial charge < -0.3 is 34.3 Å². The Kier molecular flexibility index (Phi) is 16.5. The van der Waals surface area contributed by atoms with E-state index in [2.05, 4.69) is 41.0 Å². The van der Waals surface area contributed by atoms with Gasteiger partial charge >= 0.3 is 0 Å². The number of unbranched alkanes of at least 4 members (excludes halogenated alkanes) is 3. The number of nitrogens with zero attached hydrogens (tertiary/aromatic N) is 8. The van der Waals surface area contributed by atoms with Crippen molar-refractivity contribution in [2.24, 2.45) is 7.05 Å². The van der Waals surface area contributed by atoms with Gasteiger partial charge in [-0.15, -0.1) is 10.2 Å². The third-order valence-electron chi connectivity index (χ3n) is 12.7. The summed E-state index contributed by atoms with van der Waals surface area (Å²) in [4.78, 5) is 76.7. The third kappa shape index (κ3) is 12.2. The molecule has 2 fully saturated rings. The molecule has 8 rings (SSSR count). The monoisotopic (exact) mass is 959 g/mol. The summed E-state index contributed by atoms with van der Waals surface area (Å²) in [5, 5.41) is 17.2. The van der Waals surface area contributed by atoms with E-state index in [1.165, 1.54) is 12.4 Å². The van der Waals surface area contributed by atoms with E-state index in [1.54, 1.807) is 18.3 Å². The van der Waals surface area contributed by atoms with E-state index in [9.17, 15) is 24.0 Å². The predicted molar refractivity (Wildman–Crippen MR) is 255 cm³/mol. The largest absolute Gasteiger partial charge is 0.494 e. The number of piperazine rings is 1. The minimum absolute atomic E-state index is 0.0125. The maximum atomic E-state index is 15.3. The number of hydrogen-bond donors (Lipinski definition) is 3. The first kappa shape index (κ1) is 49.3. The molecule has 0 radical (unpaired) electrons. The van der Waals surface area contributed by atoms with Gasteiger partial charge in [0.25, 0.3) is 17.7 Å². The number of anilines is 2. The first-order valence-corrected chi connectivity index (χ1v) is 23.7. The van der Waals surface area contributed by atoms with Gasteiger partial charge in [-0.05, 0) is 86.7 Å². The molecule has 5 aromatic rings. The fourth-order valence-electron chi connectivity index (χ4n) is 8.65. The molecule has 5 amide bonds. The highest BCUT2D eigenvalue weighted by atomic mass is 19.1. The van der Waals surface area contributed by atoms with Crippen LogP contribution in [-0.2, 0) is 32.7 Å². The van der Waals surface area contributed by atoms with E-state index in [1.807, 2.05) is 65.9 Å². The van der Waals surface area contributed by atoms with Gasteiger partial charge in [0.05, 0.1) is 55.8 Å². The molecular weight excluding hydrogens is 902 g/mol. The predicted octanol–water partition coefficient (Wildman–Crippen LogP) is 4.71. The Balaban J connectivity index is 0.649. The Morgan fingerprint density at radius 1 is 0.857 bits per heavy atom. The van der Waals surface area contributed by atoms with Crippen molar-refractivity contribution in [3.05, 3.63) is 113 Å². The number of fused-ring (bicyclic) bond motifs is 1. The number of aromatic nitrogens is 5. The van der Waals surface area contributed by atoms with Crippen LogP contribution in [0.5, 0.6) is 5.75 Å². The fourth-order valence-corrected chi connectivity index (χ4v) is 8.65. The van der Waals surface area contributed by atoms with Gasteiger partial charge in [-0.25, -0.2) is 14.4 Å². The number of nitrogens with one attached hydrogen (secondary N) is 3. The van der Waals surface area contributed by atoms with Crippen molar-refractivity contribution < 1.29 is 42.6 Å². The van der Waals surface area contributed by atoms with Crippen molar-refractivity contribution in [3.8, 4) is 17.3 Å². The minimum Gasteiger partial charge on any atom is -0.494 e. The highest BCUT2D eigenvalue weighted by Crippen LogP contribution is 2.33. The van der Waals surface area contributed by atoms with Gasteiger partial charge in [-0.3, -0.25) is 39.1 Å². The number of imide groups is 2. The van der Waals surface area contributed by atoms with Crippen LogP contribution in [0.15, 0.2) is 79.3 Å². The lowest BCUT2D eigenvalue weighted by atomic mass is 10.0. The summed E-state index contributed by atoms with van der Waals surface area (Å²) in [7, 11) is 1.88. The van der Waals surface area contributed by atoms with Crippen molar-refractivity contribution in [1.82, 2.24) is 45.2 Å². The number of carbonyl (C=O) groups is 5. The summed E-state index contributed by atoms with van der Waals surface area (Å²) in [6, 6.07) is 18.1. The molecule has 5 heterocycles. The Morgan fingerprint density at radius 2 is 1.61 bits per heavy atom. The van der Waals surface area contributed by atoms with Crippen molar-refractivity contribution in [2.45, 2.75) is 64.1 Å². The Morgan fingerprint density at radius 3 is 2.39 bits per heavy atom. The zero-order valence-corrected chi connectivity index (χ0v) is 39.4. The number of carbonyl (C=O) groups excluding carboxylic acids is 5. The number of amides is 5. The van der Waals surface area contributed by atoms with Crippen LogP contribution in [-0.4, -0.2) is 136 Å². The van der Waals surface area contributed by atoms with Crippen LogP contribution in [0.3, 0.4) is 0 Å². The smallest absolute Gasteiger partial charge is 0.262 e. The molecule has 19 nitrogen and oxygen atoms in total. The number of hydrogen-bond acceptors (Lipinski definition) is 15. The summed E-state index contributed by atoms with van der Waals surface area (Å²) in [5.41, 5.74) is 3.16. The zero-order chi connectivity index (χ0) is 49.0. The van der Waals surface area contributed by atoms with E-state index < -0.39 is 35.5 Å². The van der Waals surface area contributed by atoms with E-state index in [0.717, 1.165) is 53.6 Å². The summed E-state index contributed by atoms with van der Waals surface area (Å²) in [6.45, 7) is 8.23. The summed E-state index contributed by atoms with van der Waals surface area (Å²) >= 11 is 0. The second-order valence-electron chi connectivity index (χ2n) is 17.4. The molecule has 3 aliphatic rings. The number of halogens is 1. The van der Waals surface area contributed by atoms with Crippen LogP contribution in [0.4, 0.5) is 15.8 Å². The quantitative estimate of drug-likeness (QED) is 0.0597. The first-order valence-electron chi connectivity index (χ1n) is 23.7. The van der Waals surface area contributed by atoms with Gasteiger partial charge in [0.2, 0.25) is 11.8 Å². The van der Waals surface area contributed by atoms with Crippen LogP contribution in [0.25, 0.3) is 11.5 Å². The van der Waals surface area contributed by atoms with Gasteiger partial charge in [0.1, 0.15) is 29.6 Å². The fraction of sp³-hybridized carbons (Fsp3) is 0.420. The van der Waals surface area contributed by atoms with Gasteiger partial charge in [0.15, 0.2) is 11.6 Å². The molecule has 1 unspecified atom stereocenters. The highest BCUT2D eigenvalue weighted by molar-refractivity contribution is 6.23. The van der Waals surface area contributed by atoms with Gasteiger partial charge in [0, 0.05) is 70.2 Å². The molecular formula is C50H58FN11O8. The normalized spacial score (nSPS) is 16.6. The van der Waals surface area contributed by atoms with Gasteiger partial charge in [-0.1, -0.05) is 24.6 Å². The van der Waals surface area contributed by atoms with Crippen LogP contribution >= 0.6 is 0 Å². The first-order chi connectivity index (χ1) is 34.0. The molecule has 0 spiro atoms. The summed E-state index contributed by atoms with van der Waals surface area (Å²) in [6.07, 6.45) is 7.06. The molecule has 0 saturated carbocycles. The molecule has 2 aromatic heterocycles. The van der Waals surface area contributed by atoms with Crippen molar-refractivity contribution >= 4 is 40.9 Å². The van der Waals surface area contributed by atoms with Crippen LogP contribution in [0.1, 0.15) is 94.0 Å². The lowest BCUT2D eigenvalue weighted by Gasteiger charge is -2.36. The molecule has 20 heteroatoms. The molecule has 2 atom stereocenters. The summed E-state index contributed by atoms with van der Waals surface area (Å²) in [5.74, 6) is -1.23. The zero-order valence-electron chi connectivity index (χ0n) is 39.4. The maximum Gasteiger partial charge on any atom is 0.262 e. The molecule has 3 aliphatic heterocycles. The Bertz CT molecular complexity index is 2660. The maximum absolute atomic E-state index is 15.3. The Hall–Kier alpha value is -7.16. The van der Waals surface area contributed by atoms with E-state index in [4.69, 9.17) is 14.2 Å². The Labute approximate surface area is 405 Å². The van der Waals surface area contributed by atoms with Crippen molar-refractivity contribution in [2.75, 3.05) is 76.0 Å². The van der Waals surface area contributed by atoms with E-state index >= 15 is 4.39 Å². The van der Waals surface area contributed by atoms with E-state index in [0.29, 0.717) is 95.2 Å². The standard InChI is InChI=1S/C50H58FN11O8/c1-33(55-47(64)35-10-7-11-36(27-35)53-31-44-57-58-46(59(44)2)41-15-16-52-32-54-41)34-9-8-12-37(28-34)70-23-6-4-3-5-22-68-25-26-69-24-21-60-17-19-61(20-18-60)43-30-39-38(29-40(43)51)49(66)62(50(39)67)42-13-14-45(63)56-48(42)65/h7-12,15-16,27-30,32-33,42,53H,3-6,13-14,17-26,31H2,1-2H3,(H,55,64)(H,56,63,65)/t33-,42?/m1/s1. The second-order valence-corrected chi connectivity index (χ2v) is 17.4. The SMILES string of the molecule is C[C@@H](NC(=O)c1cccc(NCc2nnc(-c3ccncn3)n2C)c1)c1cccc(OCCCCCCOCCOCCN2CCN(c3cc4c(cc3F)C(=O)N(C3CCC(=O)NC3=O)C4=O)CC2)c1. The molecule has 368 valence electrons. The molecule has 70 heavy (non-hydrogen) atoms. The van der Waals surface area contributed by atoms with Gasteiger partial charge in [-0.2, -0.15) is 0 Å².